The van der Waals surface area contributed by atoms with Gasteiger partial charge < -0.3 is 38.5 Å². The molecule has 0 saturated carbocycles. The van der Waals surface area contributed by atoms with Gasteiger partial charge in [0.25, 0.3) is 0 Å². The molecule has 37 heteroatoms. The van der Waals surface area contributed by atoms with Crippen LogP contribution < -0.4 is 35.0 Å². The Kier molecular flexibility index (Phi) is 36.0. The van der Waals surface area contributed by atoms with Gasteiger partial charge in [-0.2, -0.15) is 5.26 Å². The van der Waals surface area contributed by atoms with Crippen molar-refractivity contribution in [2.75, 3.05) is 43.3 Å². The van der Waals surface area contributed by atoms with E-state index < -0.39 is 52.9 Å². The maximum Gasteiger partial charge on any atom is 0.507 e. The molecule has 0 radical (unpaired) electrons. The number of carbonyl (C=O) groups is 5. The van der Waals surface area contributed by atoms with E-state index in [0.29, 0.717) is 44.8 Å². The third-order valence-electron chi connectivity index (χ3n) is 15.9. The maximum atomic E-state index is 12.9. The Balaban J connectivity index is 0.000000221. The summed E-state index contributed by atoms with van der Waals surface area (Å²) in [5, 5.41) is 18.9. The van der Waals surface area contributed by atoms with Crippen LogP contribution in [0.4, 0.5) is 50.0 Å². The number of nitriles is 1. The summed E-state index contributed by atoms with van der Waals surface area (Å²) in [5.41, 5.74) is 0.338. The first-order chi connectivity index (χ1) is 54.4. The number of amides is 5. The molecule has 2 saturated heterocycles. The molecule has 0 aromatic carbocycles. The molecule has 2 N–H and O–H groups in total. The molecule has 9 aromatic rings. The molecular weight excluding hydrogens is 1740 g/mol. The number of ether oxygens (including phenoxy) is 4. The predicted octanol–water partition coefficient (Wildman–Crippen LogP) is 21.0. The van der Waals surface area contributed by atoms with Crippen molar-refractivity contribution in [3.63, 3.8) is 0 Å². The molecule has 5 amide bonds. The average Bonchev–Trinajstić information content (AvgIpc) is 1.62. The largest absolute Gasteiger partial charge is 0.507 e. The highest BCUT2D eigenvalue weighted by molar-refractivity contribution is 9.11. The molecule has 2 aliphatic rings. The molecule has 11 rings (SSSR count). The predicted molar refractivity (Wildman–Crippen MR) is 482 cm³/mol. The van der Waals surface area contributed by atoms with Crippen LogP contribution in [0.5, 0.6) is 0 Å². The van der Waals surface area contributed by atoms with E-state index in [1.807, 2.05) is 209 Å². The summed E-state index contributed by atoms with van der Waals surface area (Å²) in [7, 11) is -0.483. The number of rotatable bonds is 16. The Bertz CT molecular complexity index is 4650. The lowest BCUT2D eigenvalue weighted by atomic mass is 9.89. The van der Waals surface area contributed by atoms with Gasteiger partial charge in [-0.25, -0.2) is 49.1 Å². The Morgan fingerprint density at radius 1 is 0.496 bits per heavy atom. The fourth-order valence-corrected chi connectivity index (χ4v) is 16.6. The number of anilines is 6. The van der Waals surface area contributed by atoms with Crippen LogP contribution in [-0.4, -0.2) is 164 Å². The summed E-state index contributed by atoms with van der Waals surface area (Å²) in [5.74, 6) is -0.0845. The zero-order valence-corrected chi connectivity index (χ0v) is 79.5. The molecule has 11 heterocycles. The monoisotopic (exact) mass is 1850 g/mol. The van der Waals surface area contributed by atoms with E-state index >= 15 is 0 Å². The number of aromatic nitrogens is 9. The van der Waals surface area contributed by atoms with Crippen molar-refractivity contribution in [1.82, 2.24) is 49.8 Å². The fourth-order valence-electron chi connectivity index (χ4n) is 10.1. The summed E-state index contributed by atoms with van der Waals surface area (Å²) >= 11 is 15.3. The van der Waals surface area contributed by atoms with E-state index in [0.717, 1.165) is 44.8 Å². The number of nitrogens with one attached hydrogen (secondary N) is 2. The number of halogens is 2. The van der Waals surface area contributed by atoms with Crippen LogP contribution in [0.3, 0.4) is 0 Å². The highest BCUT2D eigenvalue weighted by Crippen LogP contribution is 2.40. The fraction of sp³-hybridized carbons (Fsp3) is 0.512. The first-order valence-corrected chi connectivity index (χ1v) is 44.4. The number of likely N-dealkylation sites (tertiary alicyclic amines) is 1. The molecule has 0 aliphatic carbocycles. The minimum absolute atomic E-state index is 0.00269. The van der Waals surface area contributed by atoms with E-state index in [9.17, 15) is 24.0 Å². The van der Waals surface area contributed by atoms with E-state index in [2.05, 4.69) is 107 Å². The minimum Gasteiger partial charge on any atom is -0.444 e. The molecule has 28 nitrogen and oxygen atoms in total. The zero-order chi connectivity index (χ0) is 87.3. The SMILES string of the molecule is CC(C)(C)OC(=O)Nc1ncc(Br)s1.CC(C)N(C(=O)C1CCN(C#N)C1)c1ncc(-c2ccncc2)s1.CC(C)N(C(=O)OC(C)(C)C)c1ncc(-c2ccncc2)s1.CC(C)N(C(=O)OC(C)(C)C)c1ncc(B2OC(C)(C)C(C)(C)O2)s1.CC(C)N(C(=O)OC(C)(C)C)c1ncc(Br)s1.CC(C)Nc1ncc(-c2ccncc2)s1. The van der Waals surface area contributed by atoms with Crippen LogP contribution in [0.25, 0.3) is 31.3 Å². The van der Waals surface area contributed by atoms with Gasteiger partial charge in [0.15, 0.2) is 37.0 Å². The summed E-state index contributed by atoms with van der Waals surface area (Å²) in [4.78, 5) is 110. The van der Waals surface area contributed by atoms with Crippen molar-refractivity contribution in [1.29, 1.82) is 5.26 Å². The van der Waals surface area contributed by atoms with Gasteiger partial charge >= 0.3 is 31.5 Å². The first-order valence-electron chi connectivity index (χ1n) is 37.9. The van der Waals surface area contributed by atoms with Crippen molar-refractivity contribution in [3.8, 4) is 37.5 Å². The van der Waals surface area contributed by atoms with Gasteiger partial charge in [-0.1, -0.05) is 56.7 Å². The second-order valence-electron chi connectivity index (χ2n) is 32.9. The summed E-state index contributed by atoms with van der Waals surface area (Å²) < 4.78 is 36.1. The number of hydrogen-bond acceptors (Lipinski definition) is 29. The summed E-state index contributed by atoms with van der Waals surface area (Å²) in [6.07, 6.45) is 22.3. The van der Waals surface area contributed by atoms with Gasteiger partial charge in [0.2, 0.25) is 5.91 Å². The zero-order valence-electron chi connectivity index (χ0n) is 71.5. The second kappa shape index (κ2) is 43.2. The quantitative estimate of drug-likeness (QED) is 0.0515. The third kappa shape index (κ3) is 31.5. The van der Waals surface area contributed by atoms with Gasteiger partial charge in [0.05, 0.1) is 56.5 Å². The standard InChI is InChI=1S/C17H29BN2O4S.C17H19N5OS.C16H21N3O2S.C11H17BrN2O2S.C11H13N3S.C8H11BrN2O2S/c1-11(2)20(14(21)22-15(3,4)5)13-19-10-12(25-13)18-23-16(6,7)17(8,9)24-18;1-12(2)22(16(23)14-5-8-21(10-14)11-18)17-20-9-15(24-17)13-3-6-19-7-4-13;1-11(2)19(15(20)21-16(3,4)5)14-18-10-13(22-14)12-6-8-17-9-7-12;1-7(2)14(9-13-6-8(12)17-9)10(15)16-11(3,4)5;1-8(2)14-11-13-7-10(15-11)9-3-5-12-6-4-9;1-8(2,3)13-7(12)11-6-10-4-5(9)14-6/h10-11H,1-9H3;3-4,6-7,9,12,14H,5,8,10H2,1-2H3;6-11H,1-5H3;6-7H,1-5H3;3-8H,1-2H3,(H,13,14);4H,1-3H3,(H,10,11,12). The van der Waals surface area contributed by atoms with Gasteiger partial charge in [0.1, 0.15) is 22.4 Å². The highest BCUT2D eigenvalue weighted by Gasteiger charge is 2.53. The Hall–Kier alpha value is -8.19. The summed E-state index contributed by atoms with van der Waals surface area (Å²) in [6.45, 7) is 51.1. The van der Waals surface area contributed by atoms with Crippen molar-refractivity contribution < 1.29 is 52.2 Å². The van der Waals surface area contributed by atoms with Crippen LogP contribution in [0.15, 0.2) is 118 Å². The van der Waals surface area contributed by atoms with Crippen molar-refractivity contribution in [2.45, 2.75) is 250 Å². The number of carbonyl (C=O) groups excluding carboxylic acids is 5. The van der Waals surface area contributed by atoms with Crippen molar-refractivity contribution in [3.05, 3.63) is 118 Å². The molecular formula is C80H110BBr2N17O11S6. The molecule has 634 valence electrons. The van der Waals surface area contributed by atoms with E-state index in [1.165, 1.54) is 67.1 Å². The molecule has 0 spiro atoms. The number of thiazole rings is 6. The highest BCUT2D eigenvalue weighted by atomic mass is 79.9. The number of hydrogen-bond donors (Lipinski definition) is 2. The van der Waals surface area contributed by atoms with Crippen molar-refractivity contribution >= 4 is 173 Å². The van der Waals surface area contributed by atoms with E-state index in [1.54, 1.807) is 104 Å². The molecule has 0 bridgehead atoms. The smallest absolute Gasteiger partial charge is 0.444 e. The average molecular weight is 1850 g/mol. The second-order valence-corrected chi connectivity index (χ2v) is 41.8. The van der Waals surface area contributed by atoms with Gasteiger partial charge in [-0.05, 0) is 271 Å². The van der Waals surface area contributed by atoms with Crippen LogP contribution in [0, 0.1) is 17.4 Å². The van der Waals surface area contributed by atoms with Gasteiger partial charge in [0, 0.05) is 105 Å². The molecule has 2 aliphatic heterocycles. The van der Waals surface area contributed by atoms with Crippen LogP contribution >= 0.6 is 99.9 Å². The lowest BCUT2D eigenvalue weighted by molar-refractivity contribution is -0.122. The molecule has 2 fully saturated rings. The normalized spacial score (nSPS) is 14.2. The van der Waals surface area contributed by atoms with E-state index in [-0.39, 0.29) is 48.2 Å². The van der Waals surface area contributed by atoms with Crippen LogP contribution in [0.2, 0.25) is 0 Å². The van der Waals surface area contributed by atoms with Gasteiger partial charge in [-0.3, -0.25) is 44.7 Å². The van der Waals surface area contributed by atoms with Crippen LogP contribution in [0.1, 0.15) is 186 Å². The molecule has 9 aromatic heterocycles. The molecule has 1 atom stereocenters. The van der Waals surface area contributed by atoms with Crippen LogP contribution in [-0.2, 0) is 33.1 Å². The minimum atomic E-state index is -0.559. The number of nitrogens with zero attached hydrogens (tertiary/aromatic N) is 15. The molecule has 1 unspecified atom stereocenters. The maximum absolute atomic E-state index is 12.9. The van der Waals surface area contributed by atoms with Gasteiger partial charge in [-0.15, -0.1) is 11.3 Å². The molecule has 117 heavy (non-hydrogen) atoms. The Morgan fingerprint density at radius 3 is 1.21 bits per heavy atom. The topological polar surface area (TPSA) is 321 Å². The Morgan fingerprint density at radius 2 is 0.846 bits per heavy atom. The third-order valence-corrected chi connectivity index (χ3v) is 22.9. The summed E-state index contributed by atoms with van der Waals surface area (Å²) in [6, 6.07) is 12.0. The van der Waals surface area contributed by atoms with Crippen molar-refractivity contribution in [2.24, 2.45) is 5.92 Å². The Labute approximate surface area is 729 Å². The lowest BCUT2D eigenvalue weighted by Gasteiger charge is -2.32. The number of pyridine rings is 3. The lowest BCUT2D eigenvalue weighted by Crippen LogP contribution is -2.41. The first kappa shape index (κ1) is 97.6. The van der Waals surface area contributed by atoms with E-state index in [4.69, 9.17) is 33.5 Å².